The third-order valence-corrected chi connectivity index (χ3v) is 8.14. The van der Waals surface area contributed by atoms with Crippen LogP contribution in [0.15, 0.2) is 0 Å². The third kappa shape index (κ3) is 7.97. The van der Waals surface area contributed by atoms with Gasteiger partial charge in [0.25, 0.3) is 0 Å². The molecule has 1 saturated heterocycles. The van der Waals surface area contributed by atoms with Gasteiger partial charge in [0.1, 0.15) is 0 Å². The Bertz CT molecular complexity index is 537. The highest BCUT2D eigenvalue weighted by atomic mass is 17.5. The van der Waals surface area contributed by atoms with Gasteiger partial charge in [0, 0.05) is 5.04 Å². The van der Waals surface area contributed by atoms with Crippen LogP contribution in [0.2, 0.25) is 0 Å². The van der Waals surface area contributed by atoms with Gasteiger partial charge in [-0.1, -0.05) is 118 Å². The summed E-state index contributed by atoms with van der Waals surface area (Å²) in [6, 6.07) is 0. The van der Waals surface area contributed by atoms with E-state index in [0.717, 1.165) is 50.4 Å². The van der Waals surface area contributed by atoms with Crippen molar-refractivity contribution in [2.24, 2.45) is 22.7 Å². The van der Waals surface area contributed by atoms with Crippen LogP contribution in [-0.2, 0) is 24.4 Å². The Hall–Kier alpha value is -1.10. The molecule has 1 aliphatic carbocycles. The molecule has 2 atom stereocenters. The van der Waals surface area contributed by atoms with Crippen LogP contribution in [-0.4, -0.2) is 11.9 Å². The van der Waals surface area contributed by atoms with Crippen LogP contribution in [0.5, 0.6) is 0 Å². The van der Waals surface area contributed by atoms with E-state index in [1.54, 1.807) is 0 Å². The van der Waals surface area contributed by atoms with Crippen LogP contribution in [0.1, 0.15) is 143 Å². The molecule has 192 valence electrons. The summed E-state index contributed by atoms with van der Waals surface area (Å²) in [5.74, 6) is 0.747. The molecule has 1 heterocycles. The zero-order valence-electron chi connectivity index (χ0n) is 21.9. The predicted octanol–water partition coefficient (Wildman–Crippen LogP) is 8.25. The molecule has 2 fully saturated rings. The van der Waals surface area contributed by atoms with Gasteiger partial charge in [-0.05, 0) is 37.5 Å². The molecule has 0 aromatic rings. The van der Waals surface area contributed by atoms with Gasteiger partial charge in [-0.2, -0.15) is 0 Å². The van der Waals surface area contributed by atoms with E-state index >= 15 is 0 Å². The Morgan fingerprint density at radius 2 is 0.970 bits per heavy atom. The van der Waals surface area contributed by atoms with Crippen LogP contribution >= 0.6 is 0 Å². The topological polar surface area (TPSA) is 61.8 Å². The molecule has 0 aromatic carbocycles. The van der Waals surface area contributed by atoms with Crippen molar-refractivity contribution in [2.75, 3.05) is 0 Å². The SMILES string of the molecule is CC(C)CCCCCCCC12CCCCC1(CCCCCCCC(C)C)C(=O)OOOC2=O. The molecule has 2 rings (SSSR count). The van der Waals surface area contributed by atoms with Crippen molar-refractivity contribution < 1.29 is 24.4 Å². The second-order valence-electron chi connectivity index (χ2n) is 11.6. The highest BCUT2D eigenvalue weighted by Gasteiger charge is 2.64. The van der Waals surface area contributed by atoms with E-state index in [1.165, 1.54) is 51.4 Å². The summed E-state index contributed by atoms with van der Waals surface area (Å²) in [6.07, 6.45) is 18.7. The molecule has 0 bridgehead atoms. The average Bonchev–Trinajstić information content (AvgIpc) is 2.87. The molecule has 2 aliphatic rings. The van der Waals surface area contributed by atoms with E-state index in [0.29, 0.717) is 25.7 Å². The summed E-state index contributed by atoms with van der Waals surface area (Å²) in [5.41, 5.74) is -1.59. The monoisotopic (exact) mass is 466 g/mol. The molecule has 33 heavy (non-hydrogen) atoms. The number of carbonyl (C=O) groups excluding carboxylic acids is 2. The largest absolute Gasteiger partial charge is 0.353 e. The van der Waals surface area contributed by atoms with E-state index in [4.69, 9.17) is 9.78 Å². The number of hydrogen-bond acceptors (Lipinski definition) is 5. The van der Waals surface area contributed by atoms with E-state index in [-0.39, 0.29) is 11.9 Å². The van der Waals surface area contributed by atoms with Crippen LogP contribution in [0.25, 0.3) is 0 Å². The van der Waals surface area contributed by atoms with Gasteiger partial charge in [-0.25, -0.2) is 9.59 Å². The minimum Gasteiger partial charge on any atom is -0.259 e. The number of rotatable bonds is 16. The first-order chi connectivity index (χ1) is 15.8. The van der Waals surface area contributed by atoms with Crippen LogP contribution in [0, 0.1) is 22.7 Å². The van der Waals surface area contributed by atoms with E-state index < -0.39 is 10.8 Å². The van der Waals surface area contributed by atoms with Gasteiger partial charge >= 0.3 is 11.9 Å². The molecule has 5 heteroatoms. The minimum atomic E-state index is -0.797. The number of carbonyl (C=O) groups is 2. The van der Waals surface area contributed by atoms with Gasteiger partial charge in [0.05, 0.1) is 10.8 Å². The van der Waals surface area contributed by atoms with Crippen LogP contribution in [0.3, 0.4) is 0 Å². The number of hydrogen-bond donors (Lipinski definition) is 0. The molecular weight excluding hydrogens is 416 g/mol. The van der Waals surface area contributed by atoms with Crippen molar-refractivity contribution in [2.45, 2.75) is 143 Å². The van der Waals surface area contributed by atoms with Crippen LogP contribution in [0.4, 0.5) is 0 Å². The smallest absolute Gasteiger partial charge is 0.259 e. The fraction of sp³-hybridized carbons (Fsp3) is 0.929. The highest BCUT2D eigenvalue weighted by Crippen LogP contribution is 2.58. The van der Waals surface area contributed by atoms with Gasteiger partial charge in [0.15, 0.2) is 0 Å². The van der Waals surface area contributed by atoms with Gasteiger partial charge in [-0.3, -0.25) is 9.78 Å². The second-order valence-corrected chi connectivity index (χ2v) is 11.6. The normalized spacial score (nSPS) is 25.6. The Balaban J connectivity index is 1.97. The van der Waals surface area contributed by atoms with Gasteiger partial charge in [0.2, 0.25) is 0 Å². The lowest BCUT2D eigenvalue weighted by atomic mass is 9.52. The quantitative estimate of drug-likeness (QED) is 0.169. The number of fused-ring (bicyclic) bond motifs is 1. The predicted molar refractivity (Wildman–Crippen MR) is 131 cm³/mol. The van der Waals surface area contributed by atoms with Crippen LogP contribution < -0.4 is 0 Å². The molecule has 0 aromatic heterocycles. The molecule has 5 nitrogen and oxygen atoms in total. The first-order valence-corrected chi connectivity index (χ1v) is 13.9. The maximum Gasteiger partial charge on any atom is 0.353 e. The molecule has 2 unspecified atom stereocenters. The van der Waals surface area contributed by atoms with Gasteiger partial charge < -0.3 is 0 Å². The summed E-state index contributed by atoms with van der Waals surface area (Å²) < 4.78 is 0. The van der Waals surface area contributed by atoms with Gasteiger partial charge in [-0.15, -0.1) is 0 Å². The number of unbranched alkanes of at least 4 members (excludes halogenated alkanes) is 8. The first kappa shape index (κ1) is 28.1. The second kappa shape index (κ2) is 14.3. The Morgan fingerprint density at radius 1 is 0.606 bits per heavy atom. The Labute approximate surface area is 202 Å². The van der Waals surface area contributed by atoms with Crippen molar-refractivity contribution in [3.8, 4) is 0 Å². The molecule has 1 saturated carbocycles. The van der Waals surface area contributed by atoms with Crippen molar-refractivity contribution >= 4 is 11.9 Å². The van der Waals surface area contributed by atoms with Crippen molar-refractivity contribution in [3.05, 3.63) is 0 Å². The fourth-order valence-corrected chi connectivity index (χ4v) is 6.12. The standard InChI is InChI=1S/C28H50O5/c1-23(2)17-11-7-5-9-13-19-27-21-15-16-22-28(27,26(30)32-33-31-25(27)29)20-14-10-6-8-12-18-24(3)4/h23-24H,5-22H2,1-4H3. The zero-order chi connectivity index (χ0) is 24.2. The molecular formula is C28H50O5. The molecule has 1 aliphatic heterocycles. The highest BCUT2D eigenvalue weighted by molar-refractivity contribution is 5.89. The molecule has 0 N–H and O–H groups in total. The van der Waals surface area contributed by atoms with E-state index in [2.05, 4.69) is 32.7 Å². The first-order valence-electron chi connectivity index (χ1n) is 13.9. The Morgan fingerprint density at radius 3 is 1.36 bits per heavy atom. The summed E-state index contributed by atoms with van der Waals surface area (Å²) in [6.45, 7) is 9.08. The van der Waals surface area contributed by atoms with E-state index in [9.17, 15) is 9.59 Å². The van der Waals surface area contributed by atoms with Crippen molar-refractivity contribution in [3.63, 3.8) is 0 Å². The summed E-state index contributed by atoms with van der Waals surface area (Å²) in [7, 11) is 0. The lowest BCUT2D eigenvalue weighted by molar-refractivity contribution is -0.457. The van der Waals surface area contributed by atoms with E-state index in [1.807, 2.05) is 0 Å². The molecule has 0 spiro atoms. The lowest BCUT2D eigenvalue weighted by Gasteiger charge is -2.47. The third-order valence-electron chi connectivity index (χ3n) is 8.14. The fourth-order valence-electron chi connectivity index (χ4n) is 6.12. The van der Waals surface area contributed by atoms with Crippen molar-refractivity contribution in [1.29, 1.82) is 0 Å². The summed E-state index contributed by atoms with van der Waals surface area (Å²) >= 11 is 0. The summed E-state index contributed by atoms with van der Waals surface area (Å²) in [4.78, 5) is 36.4. The van der Waals surface area contributed by atoms with Crippen molar-refractivity contribution in [1.82, 2.24) is 0 Å². The maximum atomic E-state index is 13.2. The zero-order valence-corrected chi connectivity index (χ0v) is 21.9. The summed E-state index contributed by atoms with van der Waals surface area (Å²) in [5, 5.41) is 4.63. The average molecular weight is 467 g/mol. The molecule has 0 amide bonds. The lowest BCUT2D eigenvalue weighted by Crippen LogP contribution is -2.53. The Kier molecular flexibility index (Phi) is 12.2. The maximum absolute atomic E-state index is 13.2. The molecule has 0 radical (unpaired) electrons. The minimum absolute atomic E-state index is 0.384.